The molecule has 0 aliphatic carbocycles. The summed E-state index contributed by atoms with van der Waals surface area (Å²) in [5.74, 6) is 0.854. The lowest BCUT2D eigenvalue weighted by Crippen LogP contribution is -2.26. The number of rotatable bonds is 6. The zero-order valence-corrected chi connectivity index (χ0v) is 15.9. The van der Waals surface area contributed by atoms with Crippen LogP contribution in [0.15, 0.2) is 53.4 Å². The van der Waals surface area contributed by atoms with Gasteiger partial charge in [0.2, 0.25) is 0 Å². The summed E-state index contributed by atoms with van der Waals surface area (Å²) in [7, 11) is 0. The number of ether oxygens (including phenoxy) is 1. The first-order chi connectivity index (χ1) is 13.7. The summed E-state index contributed by atoms with van der Waals surface area (Å²) in [6, 6.07) is 10.1. The summed E-state index contributed by atoms with van der Waals surface area (Å²) < 4.78 is 21.1. The van der Waals surface area contributed by atoms with Crippen LogP contribution in [0.1, 0.15) is 4.88 Å². The van der Waals surface area contributed by atoms with Gasteiger partial charge < -0.3 is 15.8 Å². The SMILES string of the molecule is NC/C(=C\F)Cn1ncn(Cc2ccc(-c3ccc4c(c3)OCCN4)s2)c1=O. The summed E-state index contributed by atoms with van der Waals surface area (Å²) in [6.45, 7) is 1.97. The normalized spacial score (nSPS) is 13.7. The number of anilines is 1. The van der Waals surface area contributed by atoms with Gasteiger partial charge in [0.15, 0.2) is 0 Å². The van der Waals surface area contributed by atoms with E-state index in [1.165, 1.54) is 15.6 Å². The van der Waals surface area contributed by atoms with E-state index in [1.54, 1.807) is 11.3 Å². The Morgan fingerprint density at radius 3 is 3.11 bits per heavy atom. The number of halogens is 1. The minimum Gasteiger partial charge on any atom is -0.490 e. The maximum atomic E-state index is 12.7. The molecule has 0 atom stereocenters. The molecule has 0 radical (unpaired) electrons. The van der Waals surface area contributed by atoms with Gasteiger partial charge in [0.25, 0.3) is 0 Å². The number of hydrogen-bond donors (Lipinski definition) is 2. The van der Waals surface area contributed by atoms with Gasteiger partial charge in [0, 0.05) is 22.8 Å². The molecule has 9 heteroatoms. The second kappa shape index (κ2) is 7.99. The molecule has 146 valence electrons. The number of thiophene rings is 1. The standard InChI is InChI=1S/C19H20FN5O2S/c20-8-13(9-21)10-25-19(26)24(12-23-25)11-15-2-4-18(28-15)14-1-3-16-17(7-14)27-6-5-22-16/h1-4,7-8,12,22H,5-6,9-11,21H2/b13-8+. The average Bonchev–Trinajstić information content (AvgIpc) is 3.33. The molecule has 1 aliphatic heterocycles. The monoisotopic (exact) mass is 401 g/mol. The Bertz CT molecular complexity index is 1070. The van der Waals surface area contributed by atoms with Crippen molar-refractivity contribution in [2.45, 2.75) is 13.1 Å². The molecule has 0 saturated carbocycles. The summed E-state index contributed by atoms with van der Waals surface area (Å²) in [6.07, 6.45) is 1.89. The molecule has 1 aromatic carbocycles. The molecule has 0 unspecified atom stereocenters. The van der Waals surface area contributed by atoms with Crippen LogP contribution in [-0.2, 0) is 13.1 Å². The number of nitrogens with two attached hydrogens (primary N) is 1. The lowest BCUT2D eigenvalue weighted by molar-refractivity contribution is 0.323. The number of aromatic nitrogens is 3. The predicted octanol–water partition coefficient (Wildman–Crippen LogP) is 2.44. The lowest BCUT2D eigenvalue weighted by atomic mass is 10.1. The van der Waals surface area contributed by atoms with E-state index >= 15 is 0 Å². The second-order valence-corrected chi connectivity index (χ2v) is 7.59. The van der Waals surface area contributed by atoms with Gasteiger partial charge in [-0.05, 0) is 35.4 Å². The fraction of sp³-hybridized carbons (Fsp3) is 0.263. The van der Waals surface area contributed by atoms with Crippen molar-refractivity contribution in [2.24, 2.45) is 5.73 Å². The number of nitrogens with zero attached hydrogens (tertiary/aromatic N) is 3. The first-order valence-corrected chi connectivity index (χ1v) is 9.70. The van der Waals surface area contributed by atoms with E-state index in [1.807, 2.05) is 24.3 Å². The average molecular weight is 401 g/mol. The third-order valence-electron chi connectivity index (χ3n) is 4.50. The van der Waals surface area contributed by atoms with Crippen LogP contribution in [0.3, 0.4) is 0 Å². The van der Waals surface area contributed by atoms with Crippen molar-refractivity contribution >= 4 is 17.0 Å². The highest BCUT2D eigenvalue weighted by atomic mass is 32.1. The molecule has 0 bridgehead atoms. The van der Waals surface area contributed by atoms with Gasteiger partial charge in [-0.2, -0.15) is 5.10 Å². The summed E-state index contributed by atoms with van der Waals surface area (Å²) in [5.41, 5.74) is 7.54. The third kappa shape index (κ3) is 3.71. The second-order valence-electron chi connectivity index (χ2n) is 6.42. The van der Waals surface area contributed by atoms with E-state index in [0.717, 1.165) is 33.3 Å². The van der Waals surface area contributed by atoms with Gasteiger partial charge in [-0.3, -0.25) is 4.57 Å². The molecule has 4 rings (SSSR count). The van der Waals surface area contributed by atoms with Gasteiger partial charge in [-0.25, -0.2) is 13.9 Å². The Hall–Kier alpha value is -2.91. The van der Waals surface area contributed by atoms with Crippen LogP contribution < -0.4 is 21.5 Å². The zero-order chi connectivity index (χ0) is 19.5. The van der Waals surface area contributed by atoms with E-state index in [9.17, 15) is 9.18 Å². The quantitative estimate of drug-likeness (QED) is 0.663. The van der Waals surface area contributed by atoms with E-state index in [-0.39, 0.29) is 18.8 Å². The van der Waals surface area contributed by atoms with Crippen LogP contribution in [0, 0.1) is 0 Å². The fourth-order valence-electron chi connectivity index (χ4n) is 3.00. The van der Waals surface area contributed by atoms with Crippen molar-refractivity contribution in [3.63, 3.8) is 0 Å². The smallest absolute Gasteiger partial charge is 0.346 e. The number of hydrogen-bond acceptors (Lipinski definition) is 6. The molecular formula is C19H20FN5O2S. The van der Waals surface area contributed by atoms with Crippen molar-refractivity contribution in [2.75, 3.05) is 25.0 Å². The largest absolute Gasteiger partial charge is 0.490 e. The molecule has 3 heterocycles. The molecule has 1 aliphatic rings. The summed E-state index contributed by atoms with van der Waals surface area (Å²) in [4.78, 5) is 14.5. The maximum Gasteiger partial charge on any atom is 0.346 e. The predicted molar refractivity (Wildman–Crippen MR) is 108 cm³/mol. The third-order valence-corrected chi connectivity index (χ3v) is 5.61. The molecule has 0 saturated heterocycles. The van der Waals surface area contributed by atoms with E-state index < -0.39 is 0 Å². The first kappa shape index (κ1) is 18.5. The molecular weight excluding hydrogens is 381 g/mol. The fourth-order valence-corrected chi connectivity index (χ4v) is 4.00. The van der Waals surface area contributed by atoms with Crippen LogP contribution in [0.5, 0.6) is 5.75 Å². The Morgan fingerprint density at radius 2 is 2.29 bits per heavy atom. The summed E-state index contributed by atoms with van der Waals surface area (Å²) >= 11 is 1.61. The Balaban J connectivity index is 1.51. The molecule has 2 aromatic heterocycles. The van der Waals surface area contributed by atoms with Crippen LogP contribution in [0.25, 0.3) is 10.4 Å². The van der Waals surface area contributed by atoms with E-state index in [2.05, 4.69) is 16.5 Å². The number of fused-ring (bicyclic) bond motifs is 1. The van der Waals surface area contributed by atoms with Gasteiger partial charge in [0.1, 0.15) is 18.7 Å². The maximum absolute atomic E-state index is 12.7. The van der Waals surface area contributed by atoms with Crippen molar-refractivity contribution in [3.8, 4) is 16.2 Å². The highest BCUT2D eigenvalue weighted by Gasteiger charge is 2.13. The molecule has 3 aromatic rings. The topological polar surface area (TPSA) is 87.1 Å². The van der Waals surface area contributed by atoms with Crippen molar-refractivity contribution in [1.82, 2.24) is 14.3 Å². The first-order valence-electron chi connectivity index (χ1n) is 8.88. The lowest BCUT2D eigenvalue weighted by Gasteiger charge is -2.19. The zero-order valence-electron chi connectivity index (χ0n) is 15.1. The van der Waals surface area contributed by atoms with Crippen LogP contribution >= 0.6 is 11.3 Å². The highest BCUT2D eigenvalue weighted by molar-refractivity contribution is 7.15. The highest BCUT2D eigenvalue weighted by Crippen LogP contribution is 2.35. The van der Waals surface area contributed by atoms with Crippen molar-refractivity contribution in [1.29, 1.82) is 0 Å². The Morgan fingerprint density at radius 1 is 1.39 bits per heavy atom. The minimum atomic E-state index is -0.295. The van der Waals surface area contributed by atoms with Gasteiger partial charge in [0.05, 0.1) is 25.1 Å². The number of benzene rings is 1. The molecule has 0 amide bonds. The molecule has 28 heavy (non-hydrogen) atoms. The van der Waals surface area contributed by atoms with Gasteiger partial charge in [-0.1, -0.05) is 6.07 Å². The minimum absolute atomic E-state index is 0.0457. The van der Waals surface area contributed by atoms with E-state index in [0.29, 0.717) is 25.1 Å². The molecule has 0 spiro atoms. The molecule has 3 N–H and O–H groups in total. The number of nitrogens with one attached hydrogen (secondary N) is 1. The van der Waals surface area contributed by atoms with Crippen LogP contribution in [0.2, 0.25) is 0 Å². The van der Waals surface area contributed by atoms with Crippen molar-refractivity contribution < 1.29 is 9.13 Å². The van der Waals surface area contributed by atoms with E-state index in [4.69, 9.17) is 10.5 Å². The van der Waals surface area contributed by atoms with Crippen LogP contribution in [0.4, 0.5) is 10.1 Å². The van der Waals surface area contributed by atoms with Crippen molar-refractivity contribution in [3.05, 3.63) is 63.9 Å². The van der Waals surface area contributed by atoms with Gasteiger partial charge >= 0.3 is 5.69 Å². The Labute approximate surface area is 164 Å². The Kier molecular flexibility index (Phi) is 5.27. The van der Waals surface area contributed by atoms with Crippen LogP contribution in [-0.4, -0.2) is 34.0 Å². The summed E-state index contributed by atoms with van der Waals surface area (Å²) in [5, 5.41) is 7.35. The molecule has 0 fully saturated rings. The van der Waals surface area contributed by atoms with Gasteiger partial charge in [-0.15, -0.1) is 11.3 Å². The molecule has 7 nitrogen and oxygen atoms in total.